The zero-order chi connectivity index (χ0) is 6.24. The second-order valence-corrected chi connectivity index (χ2v) is 2.14. The molecule has 0 unspecified atom stereocenters. The van der Waals surface area contributed by atoms with Gasteiger partial charge in [-0.1, -0.05) is 32.6 Å². The van der Waals surface area contributed by atoms with Crippen molar-refractivity contribution in [3.8, 4) is 0 Å². The van der Waals surface area contributed by atoms with Gasteiger partial charge in [0.1, 0.15) is 0 Å². The van der Waals surface area contributed by atoms with Gasteiger partial charge in [0.15, 0.2) is 0 Å². The van der Waals surface area contributed by atoms with Crippen molar-refractivity contribution < 1.29 is 5.11 Å². The lowest BCUT2D eigenvalue weighted by molar-refractivity contribution is 0.282. The number of rotatable bonds is 5. The first-order valence-electron chi connectivity index (χ1n) is 3.52. The fourth-order valence-corrected chi connectivity index (χ4v) is 0.715. The molecule has 0 spiro atoms. The van der Waals surface area contributed by atoms with Gasteiger partial charge in [-0.05, 0) is 6.42 Å². The molecule has 0 aromatic rings. The van der Waals surface area contributed by atoms with Crippen molar-refractivity contribution in [1.82, 2.24) is 0 Å². The van der Waals surface area contributed by atoms with Gasteiger partial charge in [-0.15, -0.1) is 12.4 Å². The van der Waals surface area contributed by atoms with Gasteiger partial charge in [-0.2, -0.15) is 0 Å². The zero-order valence-electron chi connectivity index (χ0n) is 6.10. The number of unbranched alkanes of at least 4 members (excludes halogenated alkanes) is 4. The van der Waals surface area contributed by atoms with E-state index in [1.807, 2.05) is 0 Å². The predicted octanol–water partition coefficient (Wildman–Crippen LogP) is 2.37. The minimum atomic E-state index is 0. The largest absolute Gasteiger partial charge is 0.396 e. The van der Waals surface area contributed by atoms with Gasteiger partial charge in [0, 0.05) is 6.61 Å². The third kappa shape index (κ3) is 11.7. The molecule has 0 aromatic carbocycles. The van der Waals surface area contributed by atoms with Crippen molar-refractivity contribution in [3.63, 3.8) is 0 Å². The van der Waals surface area contributed by atoms with Gasteiger partial charge in [0.25, 0.3) is 0 Å². The lowest BCUT2D eigenvalue weighted by Crippen LogP contribution is -1.81. The second kappa shape index (κ2) is 11.1. The maximum absolute atomic E-state index is 8.37. The van der Waals surface area contributed by atoms with E-state index in [0.29, 0.717) is 6.61 Å². The van der Waals surface area contributed by atoms with Crippen molar-refractivity contribution in [2.24, 2.45) is 0 Å². The van der Waals surface area contributed by atoms with Crippen LogP contribution in [0, 0.1) is 0 Å². The third-order valence-corrected chi connectivity index (χ3v) is 1.26. The minimum absolute atomic E-state index is 0. The SMILES string of the molecule is CCCCCCCO.Cl. The summed E-state index contributed by atoms with van der Waals surface area (Å²) in [6, 6.07) is 0. The summed E-state index contributed by atoms with van der Waals surface area (Å²) in [5.41, 5.74) is 0. The summed E-state index contributed by atoms with van der Waals surface area (Å²) in [5, 5.41) is 8.37. The monoisotopic (exact) mass is 152 g/mol. The molecule has 58 valence electrons. The van der Waals surface area contributed by atoms with E-state index in [9.17, 15) is 0 Å². The van der Waals surface area contributed by atoms with Gasteiger partial charge < -0.3 is 5.11 Å². The fourth-order valence-electron chi connectivity index (χ4n) is 0.715. The first kappa shape index (κ1) is 12.0. The highest BCUT2D eigenvalue weighted by atomic mass is 35.5. The topological polar surface area (TPSA) is 20.2 Å². The number of hydrogen-bond acceptors (Lipinski definition) is 1. The van der Waals surface area contributed by atoms with Crippen molar-refractivity contribution in [3.05, 3.63) is 0 Å². The molecule has 0 aromatic heterocycles. The van der Waals surface area contributed by atoms with E-state index >= 15 is 0 Å². The quantitative estimate of drug-likeness (QED) is 0.600. The number of hydrogen-bond donors (Lipinski definition) is 1. The van der Waals surface area contributed by atoms with Gasteiger partial charge in [0.05, 0.1) is 0 Å². The molecule has 0 heterocycles. The molecule has 2 heteroatoms. The Morgan fingerprint density at radius 3 is 2.00 bits per heavy atom. The Morgan fingerprint density at radius 1 is 1.00 bits per heavy atom. The van der Waals surface area contributed by atoms with E-state index in [4.69, 9.17) is 5.11 Å². The lowest BCUT2D eigenvalue weighted by Gasteiger charge is -1.93. The highest BCUT2D eigenvalue weighted by molar-refractivity contribution is 5.85. The molecule has 0 saturated heterocycles. The summed E-state index contributed by atoms with van der Waals surface area (Å²) in [6.45, 7) is 2.56. The smallest absolute Gasteiger partial charge is 0.0431 e. The maximum atomic E-state index is 8.37. The molecule has 0 radical (unpaired) electrons. The van der Waals surface area contributed by atoms with E-state index in [2.05, 4.69) is 6.92 Å². The molecule has 0 atom stereocenters. The Balaban J connectivity index is 0. The number of aliphatic hydroxyl groups excluding tert-OH is 1. The van der Waals surface area contributed by atoms with Crippen LogP contribution in [0.4, 0.5) is 0 Å². The van der Waals surface area contributed by atoms with Crippen LogP contribution >= 0.6 is 12.4 Å². The van der Waals surface area contributed by atoms with Crippen LogP contribution in [0.25, 0.3) is 0 Å². The van der Waals surface area contributed by atoms with Crippen LogP contribution in [0.2, 0.25) is 0 Å². The molecule has 1 nitrogen and oxygen atoms in total. The van der Waals surface area contributed by atoms with E-state index in [0.717, 1.165) is 6.42 Å². The summed E-state index contributed by atoms with van der Waals surface area (Å²) >= 11 is 0. The summed E-state index contributed by atoms with van der Waals surface area (Å²) in [4.78, 5) is 0. The lowest BCUT2D eigenvalue weighted by atomic mass is 10.2. The average molecular weight is 153 g/mol. The molecule has 1 N–H and O–H groups in total. The van der Waals surface area contributed by atoms with E-state index in [-0.39, 0.29) is 12.4 Å². The molecule has 0 aliphatic heterocycles. The Morgan fingerprint density at radius 2 is 1.56 bits per heavy atom. The molecular weight excluding hydrogens is 136 g/mol. The normalized spacial score (nSPS) is 8.67. The molecule has 0 bridgehead atoms. The molecule has 9 heavy (non-hydrogen) atoms. The highest BCUT2D eigenvalue weighted by Crippen LogP contribution is 2.00. The van der Waals surface area contributed by atoms with Crippen molar-refractivity contribution in [2.75, 3.05) is 6.61 Å². The summed E-state index contributed by atoms with van der Waals surface area (Å²) in [5.74, 6) is 0. The summed E-state index contributed by atoms with van der Waals surface area (Å²) in [7, 11) is 0. The van der Waals surface area contributed by atoms with Crippen molar-refractivity contribution in [2.45, 2.75) is 39.0 Å². The van der Waals surface area contributed by atoms with Crippen LogP contribution in [0.5, 0.6) is 0 Å². The van der Waals surface area contributed by atoms with E-state index in [1.165, 1.54) is 25.7 Å². The van der Waals surface area contributed by atoms with Crippen LogP contribution in [-0.2, 0) is 0 Å². The predicted molar refractivity (Wildman–Crippen MR) is 43.1 cm³/mol. The molecule has 0 amide bonds. The molecular formula is C7H17ClO. The first-order chi connectivity index (χ1) is 3.91. The van der Waals surface area contributed by atoms with Gasteiger partial charge >= 0.3 is 0 Å². The molecule has 0 aliphatic rings. The van der Waals surface area contributed by atoms with Crippen molar-refractivity contribution >= 4 is 12.4 Å². The van der Waals surface area contributed by atoms with Crippen LogP contribution in [0.3, 0.4) is 0 Å². The summed E-state index contributed by atoms with van der Waals surface area (Å²) in [6.07, 6.45) is 6.08. The first-order valence-corrected chi connectivity index (χ1v) is 3.52. The maximum Gasteiger partial charge on any atom is 0.0431 e. The summed E-state index contributed by atoms with van der Waals surface area (Å²) < 4.78 is 0. The van der Waals surface area contributed by atoms with E-state index < -0.39 is 0 Å². The molecule has 0 fully saturated rings. The number of halogens is 1. The van der Waals surface area contributed by atoms with Crippen LogP contribution in [-0.4, -0.2) is 11.7 Å². The standard InChI is InChI=1S/C7H16O.ClH/c1-2-3-4-5-6-7-8;/h8H,2-7H2,1H3;1H. The number of aliphatic hydroxyl groups is 1. The minimum Gasteiger partial charge on any atom is -0.396 e. The van der Waals surface area contributed by atoms with Crippen LogP contribution in [0.15, 0.2) is 0 Å². The van der Waals surface area contributed by atoms with Crippen LogP contribution in [0.1, 0.15) is 39.0 Å². The second-order valence-electron chi connectivity index (χ2n) is 2.14. The Labute approximate surface area is 63.9 Å². The van der Waals surface area contributed by atoms with Gasteiger partial charge in [0.2, 0.25) is 0 Å². The Kier molecular flexibility index (Phi) is 14.8. The molecule has 0 aliphatic carbocycles. The van der Waals surface area contributed by atoms with E-state index in [1.54, 1.807) is 0 Å². The molecule has 0 saturated carbocycles. The fraction of sp³-hybridized carbons (Fsp3) is 1.00. The third-order valence-electron chi connectivity index (χ3n) is 1.26. The Bertz CT molecular complexity index is 33.9. The van der Waals surface area contributed by atoms with Gasteiger partial charge in [-0.3, -0.25) is 0 Å². The average Bonchev–Trinajstić information content (AvgIpc) is 1.81. The zero-order valence-corrected chi connectivity index (χ0v) is 6.91. The van der Waals surface area contributed by atoms with Crippen molar-refractivity contribution in [1.29, 1.82) is 0 Å². The highest BCUT2D eigenvalue weighted by Gasteiger charge is 1.84. The van der Waals surface area contributed by atoms with Gasteiger partial charge in [-0.25, -0.2) is 0 Å². The van der Waals surface area contributed by atoms with Crippen LogP contribution < -0.4 is 0 Å². The molecule has 0 rings (SSSR count). The Hall–Kier alpha value is 0.250.